The lowest BCUT2D eigenvalue weighted by atomic mass is 10.1. The van der Waals surface area contributed by atoms with Crippen molar-refractivity contribution >= 4 is 67.1 Å². The van der Waals surface area contributed by atoms with Gasteiger partial charge >= 0.3 is 0 Å². The molecule has 1 aliphatic heterocycles. The van der Waals surface area contributed by atoms with Gasteiger partial charge in [0, 0.05) is 11.0 Å². The number of nitrogens with one attached hydrogen (secondary N) is 1. The van der Waals surface area contributed by atoms with Crippen molar-refractivity contribution in [2.24, 2.45) is 0 Å². The predicted molar refractivity (Wildman–Crippen MR) is 130 cm³/mol. The number of nitrogens with zero attached hydrogens (tertiary/aromatic N) is 1. The van der Waals surface area contributed by atoms with Gasteiger partial charge in [-0.25, -0.2) is 0 Å². The van der Waals surface area contributed by atoms with Crippen molar-refractivity contribution in [3.8, 4) is 11.5 Å². The fraction of sp³-hybridized carbons (Fsp3) is 0.136. The van der Waals surface area contributed by atoms with Crippen LogP contribution in [0.1, 0.15) is 11.1 Å². The van der Waals surface area contributed by atoms with Crippen LogP contribution in [0.4, 0.5) is 0 Å². The van der Waals surface area contributed by atoms with Crippen LogP contribution in [0.3, 0.4) is 0 Å². The van der Waals surface area contributed by atoms with Gasteiger partial charge in [0.15, 0.2) is 16.6 Å². The first kappa shape index (κ1) is 23.2. The lowest BCUT2D eigenvalue weighted by molar-refractivity contribution is -0.128. The maximum Gasteiger partial charge on any atom is 0.265 e. The highest BCUT2D eigenvalue weighted by atomic mass is 79.9. The summed E-state index contributed by atoms with van der Waals surface area (Å²) in [7, 11) is 1.52. The molecule has 31 heavy (non-hydrogen) atoms. The van der Waals surface area contributed by atoms with Crippen molar-refractivity contribution in [3.05, 3.63) is 74.7 Å². The van der Waals surface area contributed by atoms with E-state index in [1.807, 2.05) is 24.3 Å². The van der Waals surface area contributed by atoms with Crippen LogP contribution in [-0.4, -0.2) is 35.5 Å². The van der Waals surface area contributed by atoms with E-state index in [1.165, 1.54) is 24.2 Å². The summed E-state index contributed by atoms with van der Waals surface area (Å²) in [6, 6.07) is 11.2. The normalized spacial score (nSPS) is 15.1. The minimum absolute atomic E-state index is 0.0343. The summed E-state index contributed by atoms with van der Waals surface area (Å²) >= 11 is 12.0. The van der Waals surface area contributed by atoms with Gasteiger partial charge in [-0.15, -0.1) is 6.58 Å². The van der Waals surface area contributed by atoms with Crippen LogP contribution in [-0.2, 0) is 16.2 Å². The molecular formula is C22H18Br2N2O4S. The summed E-state index contributed by atoms with van der Waals surface area (Å²) in [5, 5.41) is 2.58. The summed E-state index contributed by atoms with van der Waals surface area (Å²) in [6.07, 6.45) is 3.03. The Kier molecular flexibility index (Phi) is 7.64. The molecule has 2 amide bonds. The van der Waals surface area contributed by atoms with Crippen LogP contribution in [0.15, 0.2) is 63.6 Å². The SMILES string of the molecule is C=CCN1C(=O)/C(=C/c2cc(Br)c(OCc3ccc(Br)cc3)c(OC)c2)C(=O)NC1=S. The average Bonchev–Trinajstić information content (AvgIpc) is 2.74. The van der Waals surface area contributed by atoms with Crippen LogP contribution in [0, 0.1) is 0 Å². The lowest BCUT2D eigenvalue weighted by Gasteiger charge is -2.27. The van der Waals surface area contributed by atoms with Gasteiger partial charge in [-0.3, -0.25) is 19.8 Å². The molecule has 9 heteroatoms. The van der Waals surface area contributed by atoms with Gasteiger partial charge in [-0.1, -0.05) is 34.1 Å². The third-order valence-corrected chi connectivity index (χ3v) is 5.80. The Morgan fingerprint density at radius 1 is 1.19 bits per heavy atom. The first-order valence-corrected chi connectivity index (χ1v) is 11.1. The minimum Gasteiger partial charge on any atom is -0.493 e. The molecule has 1 heterocycles. The molecule has 3 rings (SSSR count). The Labute approximate surface area is 202 Å². The molecule has 0 saturated carbocycles. The molecule has 2 aromatic rings. The van der Waals surface area contributed by atoms with Gasteiger partial charge in [0.1, 0.15) is 12.2 Å². The van der Waals surface area contributed by atoms with Gasteiger partial charge in [-0.05, 0) is 69.6 Å². The molecule has 0 unspecified atom stereocenters. The second-order valence-electron chi connectivity index (χ2n) is 6.47. The Bertz CT molecular complexity index is 1080. The van der Waals surface area contributed by atoms with E-state index in [4.69, 9.17) is 21.7 Å². The second-order valence-corrected chi connectivity index (χ2v) is 8.63. The zero-order valence-corrected chi connectivity index (χ0v) is 20.5. The zero-order valence-electron chi connectivity index (χ0n) is 16.5. The van der Waals surface area contributed by atoms with Gasteiger partial charge in [0.05, 0.1) is 11.6 Å². The summed E-state index contributed by atoms with van der Waals surface area (Å²) in [6.45, 7) is 4.16. The summed E-state index contributed by atoms with van der Waals surface area (Å²) in [5.41, 5.74) is 1.55. The molecule has 0 aromatic heterocycles. The molecule has 160 valence electrons. The zero-order chi connectivity index (χ0) is 22.5. The highest BCUT2D eigenvalue weighted by Gasteiger charge is 2.32. The summed E-state index contributed by atoms with van der Waals surface area (Å²) in [4.78, 5) is 26.3. The quantitative estimate of drug-likeness (QED) is 0.230. The fourth-order valence-electron chi connectivity index (χ4n) is 2.85. The third-order valence-electron chi connectivity index (χ3n) is 4.36. The van der Waals surface area contributed by atoms with Crippen molar-refractivity contribution in [1.29, 1.82) is 0 Å². The molecule has 0 spiro atoms. The van der Waals surface area contributed by atoms with Crippen LogP contribution >= 0.6 is 44.1 Å². The number of hydrogen-bond donors (Lipinski definition) is 1. The van der Waals surface area contributed by atoms with Crippen molar-refractivity contribution in [3.63, 3.8) is 0 Å². The van der Waals surface area contributed by atoms with E-state index in [0.717, 1.165) is 10.0 Å². The Morgan fingerprint density at radius 3 is 2.55 bits per heavy atom. The molecule has 1 N–H and O–H groups in total. The Hall–Kier alpha value is -2.49. The van der Waals surface area contributed by atoms with E-state index < -0.39 is 11.8 Å². The maximum atomic E-state index is 12.7. The predicted octanol–water partition coefficient (Wildman–Crippen LogP) is 4.61. The highest BCUT2D eigenvalue weighted by Crippen LogP contribution is 2.38. The molecule has 1 saturated heterocycles. The van der Waals surface area contributed by atoms with E-state index in [0.29, 0.717) is 28.1 Å². The Balaban J connectivity index is 1.88. The monoisotopic (exact) mass is 564 g/mol. The number of thiocarbonyl (C=S) groups is 1. The van der Waals surface area contributed by atoms with E-state index in [2.05, 4.69) is 43.8 Å². The van der Waals surface area contributed by atoms with Gasteiger partial charge in [0.2, 0.25) is 0 Å². The molecular weight excluding hydrogens is 548 g/mol. The number of carbonyl (C=O) groups excluding carboxylic acids is 2. The van der Waals surface area contributed by atoms with Gasteiger partial charge < -0.3 is 9.47 Å². The number of halogens is 2. The van der Waals surface area contributed by atoms with Crippen molar-refractivity contribution in [2.75, 3.05) is 13.7 Å². The molecule has 0 bridgehead atoms. The number of methoxy groups -OCH3 is 1. The lowest BCUT2D eigenvalue weighted by Crippen LogP contribution is -2.53. The number of hydrogen-bond acceptors (Lipinski definition) is 5. The molecule has 6 nitrogen and oxygen atoms in total. The molecule has 0 aliphatic carbocycles. The summed E-state index contributed by atoms with van der Waals surface area (Å²) < 4.78 is 13.0. The largest absolute Gasteiger partial charge is 0.493 e. The van der Waals surface area contributed by atoms with Crippen molar-refractivity contribution in [2.45, 2.75) is 6.61 Å². The van der Waals surface area contributed by atoms with E-state index >= 15 is 0 Å². The number of ether oxygens (including phenoxy) is 2. The number of carbonyl (C=O) groups is 2. The summed E-state index contributed by atoms with van der Waals surface area (Å²) in [5.74, 6) is -0.0674. The first-order chi connectivity index (χ1) is 14.8. The van der Waals surface area contributed by atoms with Gasteiger partial charge in [-0.2, -0.15) is 0 Å². The molecule has 1 fully saturated rings. The second kappa shape index (κ2) is 10.2. The topological polar surface area (TPSA) is 67.9 Å². The average molecular weight is 566 g/mol. The minimum atomic E-state index is -0.555. The molecule has 1 aliphatic rings. The van der Waals surface area contributed by atoms with Crippen LogP contribution in [0.2, 0.25) is 0 Å². The van der Waals surface area contributed by atoms with Crippen LogP contribution in [0.25, 0.3) is 6.08 Å². The number of rotatable bonds is 7. The third kappa shape index (κ3) is 5.41. The number of amides is 2. The smallest absolute Gasteiger partial charge is 0.265 e. The molecule has 0 atom stereocenters. The molecule has 2 aromatic carbocycles. The standard InChI is InChI=1S/C22H18Br2N2O4S/c1-3-8-26-21(28)16(20(27)25-22(26)31)9-14-10-17(24)19(18(11-14)29-2)30-12-13-4-6-15(23)7-5-13/h3-7,9-11H,1,8,12H2,2H3,(H,25,27,31)/b16-9+. The van der Waals surface area contributed by atoms with Crippen LogP contribution < -0.4 is 14.8 Å². The van der Waals surface area contributed by atoms with E-state index in [1.54, 1.807) is 12.1 Å². The fourth-order valence-corrected chi connectivity index (χ4v) is 3.94. The highest BCUT2D eigenvalue weighted by molar-refractivity contribution is 9.10. The van der Waals surface area contributed by atoms with E-state index in [9.17, 15) is 9.59 Å². The Morgan fingerprint density at radius 2 is 1.90 bits per heavy atom. The first-order valence-electron chi connectivity index (χ1n) is 9.08. The van der Waals surface area contributed by atoms with Crippen LogP contribution in [0.5, 0.6) is 11.5 Å². The van der Waals surface area contributed by atoms with Gasteiger partial charge in [0.25, 0.3) is 11.8 Å². The maximum absolute atomic E-state index is 12.7. The van der Waals surface area contributed by atoms with Crippen molar-refractivity contribution in [1.82, 2.24) is 10.2 Å². The van der Waals surface area contributed by atoms with E-state index in [-0.39, 0.29) is 17.2 Å². The number of benzene rings is 2. The molecule has 0 radical (unpaired) electrons. The van der Waals surface area contributed by atoms with Crippen molar-refractivity contribution < 1.29 is 19.1 Å².